The standard InChI is InChI=1S/C23H18N4O3S/c1-2-13-24-31(29,30)19-10-6-8-17(15-19)23(28)25-18-9-5-7-16(14-18)22-26-20-11-3-4-12-21(20)27-22/h1,3-12,14-15,24H,13H2,(H,25,28)(H,26,27). The zero-order chi connectivity index (χ0) is 21.8. The molecule has 0 radical (unpaired) electrons. The lowest BCUT2D eigenvalue weighted by atomic mass is 10.1. The maximum atomic E-state index is 12.7. The number of aromatic nitrogens is 2. The van der Waals surface area contributed by atoms with Gasteiger partial charge in [0.15, 0.2) is 0 Å². The maximum absolute atomic E-state index is 12.7. The van der Waals surface area contributed by atoms with Crippen molar-refractivity contribution in [3.8, 4) is 23.7 Å². The summed E-state index contributed by atoms with van der Waals surface area (Å²) in [6, 6.07) is 20.7. The number of carbonyl (C=O) groups is 1. The summed E-state index contributed by atoms with van der Waals surface area (Å²) in [6.45, 7) is -0.132. The second kappa shape index (κ2) is 8.44. The smallest absolute Gasteiger partial charge is 0.255 e. The second-order valence-electron chi connectivity index (χ2n) is 6.69. The molecule has 0 atom stereocenters. The first-order valence-electron chi connectivity index (χ1n) is 9.36. The van der Waals surface area contributed by atoms with Crippen LogP contribution < -0.4 is 10.0 Å². The van der Waals surface area contributed by atoms with Crippen molar-refractivity contribution in [1.82, 2.24) is 14.7 Å². The minimum absolute atomic E-state index is 0.0357. The predicted molar refractivity (Wildman–Crippen MR) is 120 cm³/mol. The number of rotatable bonds is 6. The van der Waals surface area contributed by atoms with Crippen LogP contribution in [0.5, 0.6) is 0 Å². The van der Waals surface area contributed by atoms with E-state index in [1.165, 1.54) is 18.2 Å². The van der Waals surface area contributed by atoms with Gasteiger partial charge in [-0.05, 0) is 42.5 Å². The number of anilines is 1. The Morgan fingerprint density at radius 2 is 1.84 bits per heavy atom. The Balaban J connectivity index is 1.56. The van der Waals surface area contributed by atoms with E-state index < -0.39 is 15.9 Å². The van der Waals surface area contributed by atoms with Crippen LogP contribution in [0.4, 0.5) is 5.69 Å². The van der Waals surface area contributed by atoms with E-state index in [1.807, 2.05) is 36.4 Å². The SMILES string of the molecule is C#CCNS(=O)(=O)c1cccc(C(=O)Nc2cccc(-c3nc4ccccc4[nH]3)c2)c1. The van der Waals surface area contributed by atoms with Crippen LogP contribution >= 0.6 is 0 Å². The second-order valence-corrected chi connectivity index (χ2v) is 8.46. The number of sulfonamides is 1. The molecular weight excluding hydrogens is 412 g/mol. The van der Waals surface area contributed by atoms with Crippen molar-refractivity contribution in [2.75, 3.05) is 11.9 Å². The highest BCUT2D eigenvalue weighted by Gasteiger charge is 2.16. The Morgan fingerprint density at radius 1 is 1.03 bits per heavy atom. The summed E-state index contributed by atoms with van der Waals surface area (Å²) in [5.41, 5.74) is 3.34. The van der Waals surface area contributed by atoms with Crippen molar-refractivity contribution < 1.29 is 13.2 Å². The average molecular weight is 430 g/mol. The van der Waals surface area contributed by atoms with Crippen LogP contribution in [0.15, 0.2) is 77.7 Å². The van der Waals surface area contributed by atoms with Gasteiger partial charge in [0.1, 0.15) is 5.82 Å². The first kappa shape index (κ1) is 20.3. The Labute approximate surface area is 179 Å². The van der Waals surface area contributed by atoms with E-state index in [0.29, 0.717) is 11.5 Å². The van der Waals surface area contributed by atoms with Gasteiger partial charge in [0, 0.05) is 16.8 Å². The minimum Gasteiger partial charge on any atom is -0.338 e. The molecule has 0 fully saturated rings. The molecule has 0 aliphatic heterocycles. The van der Waals surface area contributed by atoms with Crippen molar-refractivity contribution in [2.24, 2.45) is 0 Å². The number of hydrogen-bond donors (Lipinski definition) is 3. The van der Waals surface area contributed by atoms with Crippen molar-refractivity contribution in [2.45, 2.75) is 4.90 Å². The minimum atomic E-state index is -3.79. The van der Waals surface area contributed by atoms with E-state index in [4.69, 9.17) is 6.42 Å². The van der Waals surface area contributed by atoms with Crippen LogP contribution in [-0.2, 0) is 10.0 Å². The van der Waals surface area contributed by atoms with Crippen molar-refractivity contribution in [3.05, 3.63) is 78.4 Å². The molecule has 3 aromatic carbocycles. The van der Waals surface area contributed by atoms with Gasteiger partial charge in [-0.15, -0.1) is 6.42 Å². The monoisotopic (exact) mass is 430 g/mol. The van der Waals surface area contributed by atoms with E-state index in [1.54, 1.807) is 18.2 Å². The number of terminal acetylenes is 1. The molecule has 7 nitrogen and oxygen atoms in total. The van der Waals surface area contributed by atoms with Crippen LogP contribution in [0.25, 0.3) is 22.4 Å². The molecule has 0 aliphatic carbocycles. The lowest BCUT2D eigenvalue weighted by Gasteiger charge is -2.09. The number of aromatic amines is 1. The third-order valence-electron chi connectivity index (χ3n) is 4.55. The summed E-state index contributed by atoms with van der Waals surface area (Å²) < 4.78 is 26.8. The lowest BCUT2D eigenvalue weighted by molar-refractivity contribution is 0.102. The highest BCUT2D eigenvalue weighted by molar-refractivity contribution is 7.89. The molecule has 0 saturated heterocycles. The summed E-state index contributed by atoms with van der Waals surface area (Å²) >= 11 is 0. The normalized spacial score (nSPS) is 11.2. The third kappa shape index (κ3) is 4.48. The zero-order valence-corrected chi connectivity index (χ0v) is 17.1. The molecule has 4 rings (SSSR count). The molecule has 4 aromatic rings. The molecule has 0 bridgehead atoms. The van der Waals surface area contributed by atoms with Crippen LogP contribution in [-0.4, -0.2) is 30.8 Å². The van der Waals surface area contributed by atoms with Gasteiger partial charge in [0.25, 0.3) is 5.91 Å². The number of imidazole rings is 1. The quantitative estimate of drug-likeness (QED) is 0.408. The fraction of sp³-hybridized carbons (Fsp3) is 0.0435. The molecule has 31 heavy (non-hydrogen) atoms. The number of fused-ring (bicyclic) bond motifs is 1. The highest BCUT2D eigenvalue weighted by Crippen LogP contribution is 2.23. The first-order valence-corrected chi connectivity index (χ1v) is 10.8. The average Bonchev–Trinajstić information content (AvgIpc) is 3.22. The molecule has 154 valence electrons. The summed E-state index contributed by atoms with van der Waals surface area (Å²) in [4.78, 5) is 20.5. The number of carbonyl (C=O) groups excluding carboxylic acids is 1. The Hall–Kier alpha value is -3.93. The van der Waals surface area contributed by atoms with E-state index in [0.717, 1.165) is 16.6 Å². The molecule has 0 unspecified atom stereocenters. The predicted octanol–water partition coefficient (Wildman–Crippen LogP) is 3.39. The van der Waals surface area contributed by atoms with Gasteiger partial charge in [-0.25, -0.2) is 13.4 Å². The summed E-state index contributed by atoms with van der Waals surface area (Å²) in [5.74, 6) is 2.46. The molecular formula is C23H18N4O3S. The van der Waals surface area contributed by atoms with Gasteiger partial charge in [-0.3, -0.25) is 4.79 Å². The molecule has 0 aliphatic rings. The van der Waals surface area contributed by atoms with Crippen molar-refractivity contribution in [1.29, 1.82) is 0 Å². The Bertz CT molecular complexity index is 1390. The number of para-hydroxylation sites is 2. The third-order valence-corrected chi connectivity index (χ3v) is 5.95. The van der Waals surface area contributed by atoms with Crippen LogP contribution in [0, 0.1) is 12.3 Å². The highest BCUT2D eigenvalue weighted by atomic mass is 32.2. The maximum Gasteiger partial charge on any atom is 0.255 e. The largest absolute Gasteiger partial charge is 0.338 e. The fourth-order valence-electron chi connectivity index (χ4n) is 3.06. The molecule has 8 heteroatoms. The van der Waals surface area contributed by atoms with Gasteiger partial charge >= 0.3 is 0 Å². The topological polar surface area (TPSA) is 104 Å². The van der Waals surface area contributed by atoms with Gasteiger partial charge in [0.2, 0.25) is 10.0 Å². The Kier molecular flexibility index (Phi) is 5.54. The number of amides is 1. The number of nitrogens with zero attached hydrogens (tertiary/aromatic N) is 1. The van der Waals surface area contributed by atoms with Crippen molar-refractivity contribution >= 4 is 32.7 Å². The molecule has 1 heterocycles. The van der Waals surface area contributed by atoms with Crippen molar-refractivity contribution in [3.63, 3.8) is 0 Å². The van der Waals surface area contributed by atoms with E-state index in [9.17, 15) is 13.2 Å². The fourth-order valence-corrected chi connectivity index (χ4v) is 4.04. The first-order chi connectivity index (χ1) is 15.0. The summed E-state index contributed by atoms with van der Waals surface area (Å²) in [5, 5.41) is 2.80. The number of benzene rings is 3. The van der Waals surface area contributed by atoms with Crippen LogP contribution in [0.2, 0.25) is 0 Å². The lowest BCUT2D eigenvalue weighted by Crippen LogP contribution is -2.24. The van der Waals surface area contributed by atoms with Crippen LogP contribution in [0.1, 0.15) is 10.4 Å². The Morgan fingerprint density at radius 3 is 2.65 bits per heavy atom. The van der Waals surface area contributed by atoms with E-state index >= 15 is 0 Å². The molecule has 3 N–H and O–H groups in total. The molecule has 0 saturated carbocycles. The molecule has 1 aromatic heterocycles. The number of hydrogen-bond acceptors (Lipinski definition) is 4. The van der Waals surface area contributed by atoms with E-state index in [2.05, 4.69) is 25.9 Å². The van der Waals surface area contributed by atoms with Gasteiger partial charge in [-0.1, -0.05) is 36.3 Å². The summed E-state index contributed by atoms with van der Waals surface area (Å²) in [7, 11) is -3.79. The van der Waals surface area contributed by atoms with Crippen LogP contribution in [0.3, 0.4) is 0 Å². The number of nitrogens with one attached hydrogen (secondary N) is 3. The molecule has 1 amide bonds. The van der Waals surface area contributed by atoms with E-state index in [-0.39, 0.29) is 17.0 Å². The number of H-pyrrole nitrogens is 1. The zero-order valence-electron chi connectivity index (χ0n) is 16.3. The molecule has 0 spiro atoms. The van der Waals surface area contributed by atoms with Gasteiger partial charge in [0.05, 0.1) is 22.5 Å². The van der Waals surface area contributed by atoms with Gasteiger partial charge < -0.3 is 10.3 Å². The summed E-state index contributed by atoms with van der Waals surface area (Å²) in [6.07, 6.45) is 5.11. The van der Waals surface area contributed by atoms with Gasteiger partial charge in [-0.2, -0.15) is 4.72 Å².